The molecule has 0 bridgehead atoms. The van der Waals surface area contributed by atoms with E-state index in [4.69, 9.17) is 22.1 Å². The van der Waals surface area contributed by atoms with E-state index in [1.807, 2.05) is 11.0 Å². The van der Waals surface area contributed by atoms with Crippen LogP contribution in [0.2, 0.25) is 5.02 Å². The Balaban J connectivity index is 1.47. The number of ether oxygens (including phenoxy) is 1. The molecule has 1 aromatic carbocycles. The van der Waals surface area contributed by atoms with Gasteiger partial charge in [0.15, 0.2) is 0 Å². The zero-order valence-electron chi connectivity index (χ0n) is 17.3. The summed E-state index contributed by atoms with van der Waals surface area (Å²) in [5, 5.41) is 3.57. The van der Waals surface area contributed by atoms with Gasteiger partial charge in [-0.1, -0.05) is 11.6 Å². The molecule has 0 atom stereocenters. The fourth-order valence-corrected chi connectivity index (χ4v) is 4.47. The maximum Gasteiger partial charge on any atom is 0.321 e. The molecule has 0 aromatic heterocycles. The second kappa shape index (κ2) is 9.54. The highest BCUT2D eigenvalue weighted by Gasteiger charge is 2.37. The predicted octanol–water partition coefficient (Wildman–Crippen LogP) is 3.21. The lowest BCUT2D eigenvalue weighted by molar-refractivity contribution is -0.136. The molecule has 3 fully saturated rings. The number of carbonyl (C=O) groups excluding carboxylic acids is 2. The Morgan fingerprint density at radius 2 is 1.83 bits per heavy atom. The Hall–Kier alpha value is -1.83. The molecule has 3 N–H and O–H groups in total. The van der Waals surface area contributed by atoms with Crippen LogP contribution < -0.4 is 11.1 Å². The van der Waals surface area contributed by atoms with Crippen molar-refractivity contribution in [1.82, 2.24) is 9.80 Å². The summed E-state index contributed by atoms with van der Waals surface area (Å²) in [5.74, 6) is 0.387. The van der Waals surface area contributed by atoms with Gasteiger partial charge in [0.2, 0.25) is 5.91 Å². The number of rotatable bonds is 5. The standard InChI is InChI=1S/C22H31ClN4O3/c23-20-8-5-18(25-22(29)26-9-11-30-12-10-26)13-16(20)14-27(21(28)15-1-2-15)19-6-3-17(24)4-7-19/h5,8,13,15,17,19H,1-4,6-7,9-12,14,24H2,(H,25,29). The van der Waals surface area contributed by atoms with Crippen molar-refractivity contribution >= 4 is 29.2 Å². The SMILES string of the molecule is NC1CCC(N(Cc2cc(NC(=O)N3CCOCC3)ccc2Cl)C(=O)C2CC2)CC1. The molecule has 8 heteroatoms. The molecule has 0 spiro atoms. The quantitative estimate of drug-likeness (QED) is 0.744. The summed E-state index contributed by atoms with van der Waals surface area (Å²) in [4.78, 5) is 29.3. The summed E-state index contributed by atoms with van der Waals surface area (Å²) in [6, 6.07) is 5.79. The molecule has 7 nitrogen and oxygen atoms in total. The van der Waals surface area contributed by atoms with E-state index in [1.54, 1.807) is 17.0 Å². The van der Waals surface area contributed by atoms with E-state index in [2.05, 4.69) is 5.32 Å². The van der Waals surface area contributed by atoms with Crippen LogP contribution in [-0.4, -0.2) is 60.1 Å². The van der Waals surface area contributed by atoms with Crippen LogP contribution in [0.3, 0.4) is 0 Å². The van der Waals surface area contributed by atoms with E-state index in [-0.39, 0.29) is 29.9 Å². The van der Waals surface area contributed by atoms with Gasteiger partial charge >= 0.3 is 6.03 Å². The van der Waals surface area contributed by atoms with Crippen molar-refractivity contribution in [2.75, 3.05) is 31.6 Å². The molecular formula is C22H31ClN4O3. The van der Waals surface area contributed by atoms with Crippen molar-refractivity contribution in [3.05, 3.63) is 28.8 Å². The molecule has 1 aliphatic heterocycles. The van der Waals surface area contributed by atoms with Crippen LogP contribution in [0, 0.1) is 5.92 Å². The minimum Gasteiger partial charge on any atom is -0.378 e. The lowest BCUT2D eigenvalue weighted by Gasteiger charge is -2.36. The molecule has 2 aliphatic carbocycles. The molecule has 3 amide bonds. The number of morpholine rings is 1. The number of anilines is 1. The van der Waals surface area contributed by atoms with Gasteiger partial charge in [-0.3, -0.25) is 4.79 Å². The monoisotopic (exact) mass is 434 g/mol. The number of carbonyl (C=O) groups is 2. The van der Waals surface area contributed by atoms with E-state index < -0.39 is 0 Å². The number of nitrogens with zero attached hydrogens (tertiary/aromatic N) is 2. The Labute approximate surface area is 182 Å². The second-order valence-electron chi connectivity index (χ2n) is 8.64. The second-order valence-corrected chi connectivity index (χ2v) is 9.05. The molecule has 30 heavy (non-hydrogen) atoms. The number of nitrogens with two attached hydrogens (primary N) is 1. The number of urea groups is 1. The summed E-state index contributed by atoms with van der Waals surface area (Å²) < 4.78 is 5.31. The number of hydrogen-bond donors (Lipinski definition) is 2. The topological polar surface area (TPSA) is 87.9 Å². The molecule has 1 saturated heterocycles. The van der Waals surface area contributed by atoms with E-state index in [9.17, 15) is 9.59 Å². The fraction of sp³-hybridized carbons (Fsp3) is 0.636. The number of halogens is 1. The maximum atomic E-state index is 13.0. The van der Waals surface area contributed by atoms with Crippen LogP contribution in [-0.2, 0) is 16.1 Å². The largest absolute Gasteiger partial charge is 0.378 e. The first-order valence-corrected chi connectivity index (χ1v) is 11.4. The number of benzene rings is 1. The van der Waals surface area contributed by atoms with Gasteiger partial charge in [-0.05, 0) is 62.3 Å². The van der Waals surface area contributed by atoms with Gasteiger partial charge in [0.1, 0.15) is 0 Å². The summed E-state index contributed by atoms with van der Waals surface area (Å²) in [6.07, 6.45) is 5.72. The molecule has 2 saturated carbocycles. The lowest BCUT2D eigenvalue weighted by atomic mass is 9.90. The van der Waals surface area contributed by atoms with E-state index >= 15 is 0 Å². The highest BCUT2D eigenvalue weighted by atomic mass is 35.5. The van der Waals surface area contributed by atoms with E-state index in [0.717, 1.165) is 44.1 Å². The Morgan fingerprint density at radius 1 is 1.13 bits per heavy atom. The zero-order chi connectivity index (χ0) is 21.1. The van der Waals surface area contributed by atoms with Gasteiger partial charge < -0.3 is 25.6 Å². The average Bonchev–Trinajstić information content (AvgIpc) is 3.60. The maximum absolute atomic E-state index is 13.0. The summed E-state index contributed by atoms with van der Waals surface area (Å²) in [5.41, 5.74) is 7.62. The molecule has 0 radical (unpaired) electrons. The normalized spacial score (nSPS) is 24.4. The van der Waals surface area contributed by atoms with Gasteiger partial charge in [-0.15, -0.1) is 0 Å². The number of amides is 3. The van der Waals surface area contributed by atoms with Crippen molar-refractivity contribution in [3.63, 3.8) is 0 Å². The number of nitrogens with one attached hydrogen (secondary N) is 1. The van der Waals surface area contributed by atoms with Gasteiger partial charge in [-0.2, -0.15) is 0 Å². The fourth-order valence-electron chi connectivity index (χ4n) is 4.29. The zero-order valence-corrected chi connectivity index (χ0v) is 18.1. The smallest absolute Gasteiger partial charge is 0.321 e. The third kappa shape index (κ3) is 5.25. The Bertz CT molecular complexity index is 772. The van der Waals surface area contributed by atoms with Crippen molar-refractivity contribution < 1.29 is 14.3 Å². The minimum absolute atomic E-state index is 0.140. The molecule has 4 rings (SSSR count). The van der Waals surface area contributed by atoms with Crippen LogP contribution in [0.1, 0.15) is 44.1 Å². The van der Waals surface area contributed by atoms with Gasteiger partial charge in [-0.25, -0.2) is 4.79 Å². The minimum atomic E-state index is -0.140. The predicted molar refractivity (Wildman–Crippen MR) is 116 cm³/mol. The van der Waals surface area contributed by atoms with Gasteiger partial charge in [0, 0.05) is 48.3 Å². The third-order valence-electron chi connectivity index (χ3n) is 6.33. The van der Waals surface area contributed by atoms with E-state index in [1.165, 1.54) is 0 Å². The van der Waals surface area contributed by atoms with Crippen LogP contribution in [0.4, 0.5) is 10.5 Å². The van der Waals surface area contributed by atoms with Crippen molar-refractivity contribution in [2.45, 2.75) is 57.2 Å². The molecule has 0 unspecified atom stereocenters. The highest BCUT2D eigenvalue weighted by molar-refractivity contribution is 6.31. The summed E-state index contributed by atoms with van der Waals surface area (Å²) >= 11 is 6.49. The van der Waals surface area contributed by atoms with Crippen molar-refractivity contribution in [3.8, 4) is 0 Å². The molecule has 1 aromatic rings. The Kier molecular flexibility index (Phi) is 6.80. The lowest BCUT2D eigenvalue weighted by Crippen LogP contribution is -2.44. The molecule has 164 valence electrons. The Morgan fingerprint density at radius 3 is 2.50 bits per heavy atom. The first-order chi connectivity index (χ1) is 14.5. The van der Waals surface area contributed by atoms with Crippen LogP contribution >= 0.6 is 11.6 Å². The molecule has 1 heterocycles. The van der Waals surface area contributed by atoms with Crippen LogP contribution in [0.5, 0.6) is 0 Å². The third-order valence-corrected chi connectivity index (χ3v) is 6.70. The van der Waals surface area contributed by atoms with Crippen molar-refractivity contribution in [1.29, 1.82) is 0 Å². The summed E-state index contributed by atoms with van der Waals surface area (Å²) in [7, 11) is 0. The van der Waals surface area contributed by atoms with Crippen molar-refractivity contribution in [2.24, 2.45) is 11.7 Å². The highest BCUT2D eigenvalue weighted by Crippen LogP contribution is 2.35. The number of hydrogen-bond acceptors (Lipinski definition) is 4. The van der Waals surface area contributed by atoms with E-state index in [0.29, 0.717) is 43.6 Å². The average molecular weight is 435 g/mol. The molecular weight excluding hydrogens is 404 g/mol. The van der Waals surface area contributed by atoms with Gasteiger partial charge in [0.25, 0.3) is 0 Å². The first-order valence-electron chi connectivity index (χ1n) is 11.0. The first kappa shape index (κ1) is 21.4. The van der Waals surface area contributed by atoms with Crippen LogP contribution in [0.15, 0.2) is 18.2 Å². The molecule has 3 aliphatic rings. The van der Waals surface area contributed by atoms with Crippen LogP contribution in [0.25, 0.3) is 0 Å². The van der Waals surface area contributed by atoms with Gasteiger partial charge in [0.05, 0.1) is 13.2 Å². The summed E-state index contributed by atoms with van der Waals surface area (Å²) in [6.45, 7) is 2.75.